The Morgan fingerprint density at radius 2 is 2.04 bits per heavy atom. The third-order valence-corrected chi connectivity index (χ3v) is 5.79. The lowest BCUT2D eigenvalue weighted by atomic mass is 10.2. The number of nitrogens with zero attached hydrogens (tertiary/aromatic N) is 1. The van der Waals surface area contributed by atoms with Gasteiger partial charge in [0.1, 0.15) is 5.25 Å². The predicted molar refractivity (Wildman–Crippen MR) is 85.2 cm³/mol. The Morgan fingerprint density at radius 1 is 1.35 bits per heavy atom. The molecule has 1 saturated carbocycles. The first-order valence-electron chi connectivity index (χ1n) is 7.48. The lowest BCUT2D eigenvalue weighted by molar-refractivity contribution is -0.120. The summed E-state index contributed by atoms with van der Waals surface area (Å²) in [6.07, 6.45) is 1.84. The van der Waals surface area contributed by atoms with Crippen LogP contribution in [-0.4, -0.2) is 30.8 Å². The molecule has 0 saturated heterocycles. The first-order chi connectivity index (χ1) is 11.0. The lowest BCUT2D eigenvalue weighted by Crippen LogP contribution is -2.39. The van der Waals surface area contributed by atoms with Crippen molar-refractivity contribution in [3.8, 4) is 11.3 Å². The van der Waals surface area contributed by atoms with Gasteiger partial charge in [0.25, 0.3) is 0 Å². The highest BCUT2D eigenvalue weighted by molar-refractivity contribution is 7.92. The second kappa shape index (κ2) is 6.16. The Bertz CT molecular complexity index is 794. The summed E-state index contributed by atoms with van der Waals surface area (Å²) in [4.78, 5) is 11.9. The lowest BCUT2D eigenvalue weighted by Gasteiger charge is -2.11. The second-order valence-electron chi connectivity index (χ2n) is 5.78. The summed E-state index contributed by atoms with van der Waals surface area (Å²) in [7, 11) is -3.63. The number of carbonyl (C=O) groups excluding carboxylic acids is 1. The van der Waals surface area contributed by atoms with E-state index < -0.39 is 21.0 Å². The monoisotopic (exact) mass is 334 g/mol. The number of rotatable bonds is 6. The fourth-order valence-corrected chi connectivity index (χ4v) is 3.35. The van der Waals surface area contributed by atoms with Crippen molar-refractivity contribution in [2.75, 3.05) is 0 Å². The predicted octanol–water partition coefficient (Wildman–Crippen LogP) is 1.92. The molecule has 0 aliphatic heterocycles. The van der Waals surface area contributed by atoms with Crippen molar-refractivity contribution < 1.29 is 17.7 Å². The summed E-state index contributed by atoms with van der Waals surface area (Å²) in [6, 6.07) is 11.0. The molecule has 23 heavy (non-hydrogen) atoms. The third-order valence-electron chi connectivity index (χ3n) is 3.80. The van der Waals surface area contributed by atoms with Crippen molar-refractivity contribution >= 4 is 15.7 Å². The van der Waals surface area contributed by atoms with Crippen molar-refractivity contribution in [1.82, 2.24) is 10.5 Å². The van der Waals surface area contributed by atoms with Gasteiger partial charge in [0.2, 0.25) is 5.91 Å². The van der Waals surface area contributed by atoms with E-state index in [9.17, 15) is 13.2 Å². The van der Waals surface area contributed by atoms with Crippen LogP contribution in [0.4, 0.5) is 0 Å². The summed E-state index contributed by atoms with van der Waals surface area (Å²) in [5.41, 5.74) is 1.12. The van der Waals surface area contributed by atoms with Gasteiger partial charge in [-0.2, -0.15) is 0 Å². The topological polar surface area (TPSA) is 89.3 Å². The summed E-state index contributed by atoms with van der Waals surface area (Å²) >= 11 is 0. The summed E-state index contributed by atoms with van der Waals surface area (Å²) in [6.45, 7) is 1.41. The minimum Gasteiger partial charge on any atom is -0.356 e. The summed E-state index contributed by atoms with van der Waals surface area (Å²) in [5.74, 6) is -0.257. The summed E-state index contributed by atoms with van der Waals surface area (Å²) < 4.78 is 29.9. The molecular formula is C16H18N2O4S. The number of hydrogen-bond donors (Lipinski definition) is 1. The Hall–Kier alpha value is -2.15. The van der Waals surface area contributed by atoms with Gasteiger partial charge < -0.3 is 9.84 Å². The smallest absolute Gasteiger partial charge is 0.238 e. The van der Waals surface area contributed by atoms with Crippen LogP contribution in [0.25, 0.3) is 11.3 Å². The molecule has 122 valence electrons. The molecule has 0 spiro atoms. The Morgan fingerprint density at radius 3 is 2.70 bits per heavy atom. The molecule has 2 aromatic rings. The molecular weight excluding hydrogens is 316 g/mol. The standard InChI is InChI=1S/C16H18N2O4S/c1-11(16(19)17-13-7-8-13)23(20,21)10-14-9-15(22-18-14)12-5-3-2-4-6-12/h2-6,9,11,13H,7-8,10H2,1H3,(H,17,19)/t11-/m0/s1. The van der Waals surface area contributed by atoms with E-state index in [0.717, 1.165) is 18.4 Å². The van der Waals surface area contributed by atoms with E-state index >= 15 is 0 Å². The van der Waals surface area contributed by atoms with Gasteiger partial charge in [-0.3, -0.25) is 4.79 Å². The van der Waals surface area contributed by atoms with Crippen molar-refractivity contribution in [3.63, 3.8) is 0 Å². The molecule has 1 N–H and O–H groups in total. The van der Waals surface area contributed by atoms with Crippen molar-refractivity contribution in [2.24, 2.45) is 0 Å². The molecule has 7 heteroatoms. The van der Waals surface area contributed by atoms with E-state index in [4.69, 9.17) is 4.52 Å². The molecule has 1 aromatic carbocycles. The van der Waals surface area contributed by atoms with Gasteiger partial charge in [0.05, 0.1) is 11.4 Å². The van der Waals surface area contributed by atoms with Crippen LogP contribution in [0, 0.1) is 0 Å². The van der Waals surface area contributed by atoms with Gasteiger partial charge in [-0.15, -0.1) is 0 Å². The van der Waals surface area contributed by atoms with Crippen LogP contribution < -0.4 is 5.32 Å². The normalized spacial score (nSPS) is 16.0. The molecule has 1 heterocycles. The molecule has 3 rings (SSSR count). The van der Waals surface area contributed by atoms with Crippen molar-refractivity contribution in [1.29, 1.82) is 0 Å². The maximum Gasteiger partial charge on any atom is 0.238 e. The van der Waals surface area contributed by atoms with Crippen LogP contribution in [0.15, 0.2) is 40.9 Å². The van der Waals surface area contributed by atoms with Gasteiger partial charge in [-0.1, -0.05) is 35.5 Å². The van der Waals surface area contributed by atoms with Gasteiger partial charge in [0.15, 0.2) is 15.6 Å². The zero-order valence-electron chi connectivity index (χ0n) is 12.7. The largest absolute Gasteiger partial charge is 0.356 e. The maximum atomic E-state index is 12.3. The minimum absolute atomic E-state index is 0.136. The number of benzene rings is 1. The van der Waals surface area contributed by atoms with E-state index in [2.05, 4.69) is 10.5 Å². The fraction of sp³-hybridized carbons (Fsp3) is 0.375. The van der Waals surface area contributed by atoms with Crippen LogP contribution >= 0.6 is 0 Å². The zero-order chi connectivity index (χ0) is 16.4. The number of amides is 1. The van der Waals surface area contributed by atoms with Crippen LogP contribution in [0.2, 0.25) is 0 Å². The second-order valence-corrected chi connectivity index (χ2v) is 8.10. The molecule has 1 amide bonds. The van der Waals surface area contributed by atoms with Crippen molar-refractivity contribution in [2.45, 2.75) is 36.8 Å². The van der Waals surface area contributed by atoms with E-state index in [-0.39, 0.29) is 11.8 Å². The molecule has 0 unspecified atom stereocenters. The number of nitrogens with one attached hydrogen (secondary N) is 1. The highest BCUT2D eigenvalue weighted by Crippen LogP contribution is 2.22. The molecule has 1 aliphatic carbocycles. The highest BCUT2D eigenvalue weighted by atomic mass is 32.2. The van der Waals surface area contributed by atoms with Crippen LogP contribution in [0.3, 0.4) is 0 Å². The van der Waals surface area contributed by atoms with Gasteiger partial charge in [0, 0.05) is 17.7 Å². The van der Waals surface area contributed by atoms with Gasteiger partial charge in [-0.05, 0) is 19.8 Å². The van der Waals surface area contributed by atoms with Crippen LogP contribution in [0.1, 0.15) is 25.5 Å². The number of aromatic nitrogens is 1. The minimum atomic E-state index is -3.63. The highest BCUT2D eigenvalue weighted by Gasteiger charge is 2.33. The SMILES string of the molecule is C[C@@H](C(=O)NC1CC1)S(=O)(=O)Cc1cc(-c2ccccc2)on1. The molecule has 6 nitrogen and oxygen atoms in total. The Kier molecular flexibility index (Phi) is 4.21. The number of carbonyl (C=O) groups is 1. The maximum absolute atomic E-state index is 12.3. The number of hydrogen-bond acceptors (Lipinski definition) is 5. The molecule has 1 aliphatic rings. The van der Waals surface area contributed by atoms with Crippen LogP contribution in [-0.2, 0) is 20.4 Å². The molecule has 0 radical (unpaired) electrons. The molecule has 1 aromatic heterocycles. The fourth-order valence-electron chi connectivity index (χ4n) is 2.16. The zero-order valence-corrected chi connectivity index (χ0v) is 13.5. The van der Waals surface area contributed by atoms with Gasteiger partial charge in [-0.25, -0.2) is 8.42 Å². The average Bonchev–Trinajstić information content (AvgIpc) is 3.23. The number of sulfone groups is 1. The first kappa shape index (κ1) is 15.7. The molecule has 1 fully saturated rings. The quantitative estimate of drug-likeness (QED) is 0.872. The van der Waals surface area contributed by atoms with E-state index in [1.807, 2.05) is 30.3 Å². The Balaban J connectivity index is 1.70. The van der Waals surface area contributed by atoms with E-state index in [1.54, 1.807) is 6.07 Å². The van der Waals surface area contributed by atoms with Crippen molar-refractivity contribution in [3.05, 3.63) is 42.1 Å². The third kappa shape index (κ3) is 3.79. The average molecular weight is 334 g/mol. The van der Waals surface area contributed by atoms with E-state index in [1.165, 1.54) is 6.92 Å². The first-order valence-corrected chi connectivity index (χ1v) is 9.20. The van der Waals surface area contributed by atoms with Crippen LogP contribution in [0.5, 0.6) is 0 Å². The Labute approximate surface area is 134 Å². The molecule has 1 atom stereocenters. The van der Waals surface area contributed by atoms with E-state index in [0.29, 0.717) is 11.5 Å². The van der Waals surface area contributed by atoms with Gasteiger partial charge >= 0.3 is 0 Å². The summed E-state index contributed by atoms with van der Waals surface area (Å²) in [5, 5.41) is 5.42. The molecule has 0 bridgehead atoms.